The Balaban J connectivity index is 1.74. The Morgan fingerprint density at radius 1 is 1.12 bits per heavy atom. The first-order valence-corrected chi connectivity index (χ1v) is 8.50. The van der Waals surface area contributed by atoms with Crippen LogP contribution in [0.2, 0.25) is 5.02 Å². The van der Waals surface area contributed by atoms with E-state index < -0.39 is 11.9 Å². The molecule has 0 bridgehead atoms. The van der Waals surface area contributed by atoms with Gasteiger partial charge in [0.05, 0.1) is 0 Å². The molecule has 2 rings (SSSR count). The Hall–Kier alpha value is -1.80. The fourth-order valence-electron chi connectivity index (χ4n) is 1.83. The zero-order chi connectivity index (χ0) is 17.5. The number of aryl methyl sites for hydroxylation is 1. The summed E-state index contributed by atoms with van der Waals surface area (Å²) in [4.78, 5) is 23.4. The van der Waals surface area contributed by atoms with Crippen molar-refractivity contribution in [3.8, 4) is 5.75 Å². The highest BCUT2D eigenvalue weighted by Gasteiger charge is 2.10. The zero-order valence-corrected chi connectivity index (χ0v) is 15.8. The second-order valence-electron chi connectivity index (χ2n) is 4.91. The summed E-state index contributed by atoms with van der Waals surface area (Å²) >= 11 is 8.02. The first-order chi connectivity index (χ1) is 11.4. The van der Waals surface area contributed by atoms with E-state index in [9.17, 15) is 9.59 Å². The second kappa shape index (κ2) is 8.89. The number of carbonyl (C=O) groups excluding carboxylic acids is 2. The van der Waals surface area contributed by atoms with E-state index in [1.54, 1.807) is 30.3 Å². The standard InChI is InChI=1S/C17H15ClINO4/c1-11-8-12(18)2-7-15(11)23-10-17(22)24-9-16(21)20-14-5-3-13(19)4-6-14/h2-8H,9-10H2,1H3,(H,20,21). The normalized spacial score (nSPS) is 10.1. The van der Waals surface area contributed by atoms with Crippen molar-refractivity contribution in [1.82, 2.24) is 0 Å². The van der Waals surface area contributed by atoms with Crippen LogP contribution in [0.25, 0.3) is 0 Å². The molecule has 0 aliphatic rings. The van der Waals surface area contributed by atoms with Crippen molar-refractivity contribution in [2.75, 3.05) is 18.5 Å². The number of hydrogen-bond acceptors (Lipinski definition) is 4. The van der Waals surface area contributed by atoms with Crippen molar-refractivity contribution in [2.24, 2.45) is 0 Å². The molecule has 24 heavy (non-hydrogen) atoms. The van der Waals surface area contributed by atoms with Gasteiger partial charge in [0.15, 0.2) is 13.2 Å². The minimum absolute atomic E-state index is 0.278. The van der Waals surface area contributed by atoms with E-state index >= 15 is 0 Å². The highest BCUT2D eigenvalue weighted by Crippen LogP contribution is 2.21. The van der Waals surface area contributed by atoms with Gasteiger partial charge in [-0.15, -0.1) is 0 Å². The molecule has 0 aliphatic heterocycles. The molecular weight excluding hydrogens is 445 g/mol. The molecule has 0 saturated carbocycles. The van der Waals surface area contributed by atoms with E-state index in [1.807, 2.05) is 19.1 Å². The van der Waals surface area contributed by atoms with Crippen molar-refractivity contribution in [2.45, 2.75) is 6.92 Å². The van der Waals surface area contributed by atoms with E-state index in [4.69, 9.17) is 21.1 Å². The average molecular weight is 460 g/mol. The Kier molecular flexibility index (Phi) is 6.86. The lowest BCUT2D eigenvalue weighted by atomic mass is 10.2. The zero-order valence-electron chi connectivity index (χ0n) is 12.8. The van der Waals surface area contributed by atoms with Crippen LogP contribution in [0, 0.1) is 10.5 Å². The summed E-state index contributed by atoms with van der Waals surface area (Å²) in [5, 5.41) is 3.23. The molecule has 126 valence electrons. The van der Waals surface area contributed by atoms with Crippen molar-refractivity contribution in [3.05, 3.63) is 56.6 Å². The molecule has 1 amide bonds. The van der Waals surface area contributed by atoms with Crippen molar-refractivity contribution in [3.63, 3.8) is 0 Å². The monoisotopic (exact) mass is 459 g/mol. The third kappa shape index (κ3) is 6.01. The minimum atomic E-state index is -0.623. The third-order valence-corrected chi connectivity index (χ3v) is 3.93. The summed E-state index contributed by atoms with van der Waals surface area (Å²) in [7, 11) is 0. The van der Waals surface area contributed by atoms with E-state index in [0.29, 0.717) is 16.5 Å². The smallest absolute Gasteiger partial charge is 0.344 e. The van der Waals surface area contributed by atoms with Gasteiger partial charge in [-0.05, 0) is 77.5 Å². The van der Waals surface area contributed by atoms with Crippen LogP contribution in [0.3, 0.4) is 0 Å². The third-order valence-electron chi connectivity index (χ3n) is 2.97. The number of hydrogen-bond donors (Lipinski definition) is 1. The molecule has 0 unspecified atom stereocenters. The number of nitrogens with one attached hydrogen (secondary N) is 1. The predicted octanol–water partition coefficient (Wildman–Crippen LogP) is 3.81. The van der Waals surface area contributed by atoms with Gasteiger partial charge in [-0.2, -0.15) is 0 Å². The Labute approximate surface area is 158 Å². The average Bonchev–Trinajstić information content (AvgIpc) is 2.54. The molecule has 0 fully saturated rings. The number of ether oxygens (including phenoxy) is 2. The van der Waals surface area contributed by atoms with Gasteiger partial charge in [-0.25, -0.2) is 4.79 Å². The molecule has 0 spiro atoms. The van der Waals surface area contributed by atoms with Crippen LogP contribution in [-0.2, 0) is 14.3 Å². The number of carbonyl (C=O) groups is 2. The number of rotatable bonds is 6. The molecular formula is C17H15ClINO4. The molecule has 0 radical (unpaired) electrons. The van der Waals surface area contributed by atoms with Crippen LogP contribution in [0.1, 0.15) is 5.56 Å². The molecule has 2 aromatic rings. The molecule has 5 nitrogen and oxygen atoms in total. The molecule has 0 aliphatic carbocycles. The molecule has 7 heteroatoms. The lowest BCUT2D eigenvalue weighted by Gasteiger charge is -2.09. The first-order valence-electron chi connectivity index (χ1n) is 7.04. The maximum Gasteiger partial charge on any atom is 0.344 e. The number of benzene rings is 2. The largest absolute Gasteiger partial charge is 0.482 e. The predicted molar refractivity (Wildman–Crippen MR) is 100 cm³/mol. The minimum Gasteiger partial charge on any atom is -0.482 e. The lowest BCUT2D eigenvalue weighted by Crippen LogP contribution is -2.23. The summed E-state index contributed by atoms with van der Waals surface area (Å²) in [5.74, 6) is -0.492. The summed E-state index contributed by atoms with van der Waals surface area (Å²) in [6.07, 6.45) is 0. The SMILES string of the molecule is Cc1cc(Cl)ccc1OCC(=O)OCC(=O)Nc1ccc(I)cc1. The lowest BCUT2D eigenvalue weighted by molar-refractivity contribution is -0.149. The summed E-state index contributed by atoms with van der Waals surface area (Å²) in [6.45, 7) is 1.17. The van der Waals surface area contributed by atoms with Crippen LogP contribution in [0.5, 0.6) is 5.75 Å². The van der Waals surface area contributed by atoms with Crippen molar-refractivity contribution >= 4 is 51.8 Å². The first kappa shape index (κ1) is 18.5. The highest BCUT2D eigenvalue weighted by molar-refractivity contribution is 14.1. The van der Waals surface area contributed by atoms with Crippen molar-refractivity contribution < 1.29 is 19.1 Å². The van der Waals surface area contributed by atoms with Gasteiger partial charge < -0.3 is 14.8 Å². The Bertz CT molecular complexity index is 734. The van der Waals surface area contributed by atoms with E-state index in [0.717, 1.165) is 9.13 Å². The summed E-state index contributed by atoms with van der Waals surface area (Å²) in [6, 6.07) is 12.4. The molecule has 0 heterocycles. The maximum atomic E-state index is 11.7. The molecule has 0 aromatic heterocycles. The topological polar surface area (TPSA) is 64.6 Å². The van der Waals surface area contributed by atoms with Gasteiger partial charge in [0.25, 0.3) is 5.91 Å². The number of amides is 1. The van der Waals surface area contributed by atoms with Crippen LogP contribution < -0.4 is 10.1 Å². The van der Waals surface area contributed by atoms with E-state index in [2.05, 4.69) is 27.9 Å². The molecule has 2 aromatic carbocycles. The van der Waals surface area contributed by atoms with Gasteiger partial charge in [-0.1, -0.05) is 11.6 Å². The van der Waals surface area contributed by atoms with Gasteiger partial charge in [0, 0.05) is 14.3 Å². The Morgan fingerprint density at radius 2 is 1.83 bits per heavy atom. The number of anilines is 1. The maximum absolute atomic E-state index is 11.7. The Morgan fingerprint density at radius 3 is 2.50 bits per heavy atom. The number of esters is 1. The molecule has 0 atom stereocenters. The van der Waals surface area contributed by atoms with Gasteiger partial charge >= 0.3 is 5.97 Å². The molecule has 1 N–H and O–H groups in total. The van der Waals surface area contributed by atoms with Crippen LogP contribution in [-0.4, -0.2) is 25.1 Å². The second-order valence-corrected chi connectivity index (χ2v) is 6.60. The fourth-order valence-corrected chi connectivity index (χ4v) is 2.42. The van der Waals surface area contributed by atoms with E-state index in [1.165, 1.54) is 0 Å². The van der Waals surface area contributed by atoms with Crippen molar-refractivity contribution in [1.29, 1.82) is 0 Å². The van der Waals surface area contributed by atoms with Crippen LogP contribution in [0.4, 0.5) is 5.69 Å². The number of halogens is 2. The van der Waals surface area contributed by atoms with Crippen LogP contribution >= 0.6 is 34.2 Å². The summed E-state index contributed by atoms with van der Waals surface area (Å²) < 4.78 is 11.3. The van der Waals surface area contributed by atoms with E-state index in [-0.39, 0.29) is 13.2 Å². The van der Waals surface area contributed by atoms with Gasteiger partial charge in [0.2, 0.25) is 0 Å². The summed E-state index contributed by atoms with van der Waals surface area (Å²) in [5.41, 5.74) is 1.45. The van der Waals surface area contributed by atoms with Gasteiger partial charge in [0.1, 0.15) is 5.75 Å². The quantitative estimate of drug-likeness (QED) is 0.527. The van der Waals surface area contributed by atoms with Gasteiger partial charge in [-0.3, -0.25) is 4.79 Å². The molecule has 0 saturated heterocycles. The fraction of sp³-hybridized carbons (Fsp3) is 0.176. The highest BCUT2D eigenvalue weighted by atomic mass is 127. The van der Waals surface area contributed by atoms with Crippen LogP contribution in [0.15, 0.2) is 42.5 Å².